The molecule has 0 saturated heterocycles. The summed E-state index contributed by atoms with van der Waals surface area (Å²) in [6.07, 6.45) is -4.46. The third kappa shape index (κ3) is 4.98. The molecule has 0 amide bonds. The van der Waals surface area contributed by atoms with Gasteiger partial charge in [-0.25, -0.2) is 4.98 Å². The number of carbonyl (C=O) groups is 1. The van der Waals surface area contributed by atoms with Crippen molar-refractivity contribution in [1.82, 2.24) is 10.3 Å². The van der Waals surface area contributed by atoms with Crippen LogP contribution >= 0.6 is 11.3 Å². The third-order valence-electron chi connectivity index (χ3n) is 4.96. The van der Waals surface area contributed by atoms with Crippen LogP contribution in [0.3, 0.4) is 0 Å². The maximum Gasteiger partial charge on any atom is 0.417 e. The second kappa shape index (κ2) is 9.10. The number of fused-ring (bicyclic) bond motifs is 1. The van der Waals surface area contributed by atoms with Crippen molar-refractivity contribution < 1.29 is 23.1 Å². The number of hydrogen-bond donors (Lipinski definition) is 2. The van der Waals surface area contributed by atoms with Gasteiger partial charge in [0, 0.05) is 23.4 Å². The van der Waals surface area contributed by atoms with Crippen LogP contribution in [-0.4, -0.2) is 22.6 Å². The van der Waals surface area contributed by atoms with Gasteiger partial charge in [-0.1, -0.05) is 48.5 Å². The predicted octanol–water partition coefficient (Wildman–Crippen LogP) is 6.21. The predicted molar refractivity (Wildman–Crippen MR) is 119 cm³/mol. The third-order valence-corrected chi connectivity index (χ3v) is 6.05. The van der Waals surface area contributed by atoms with Gasteiger partial charge in [-0.2, -0.15) is 13.2 Å². The molecule has 2 N–H and O–H groups in total. The minimum atomic E-state index is -4.48. The highest BCUT2D eigenvalue weighted by Crippen LogP contribution is 2.41. The van der Waals surface area contributed by atoms with E-state index in [4.69, 9.17) is 5.11 Å². The lowest BCUT2D eigenvalue weighted by molar-refractivity contribution is -0.137. The average molecular weight is 456 g/mol. The molecule has 0 radical (unpaired) electrons. The van der Waals surface area contributed by atoms with Crippen LogP contribution < -0.4 is 5.32 Å². The van der Waals surface area contributed by atoms with E-state index in [0.717, 1.165) is 15.9 Å². The Morgan fingerprint density at radius 1 is 1.00 bits per heavy atom. The highest BCUT2D eigenvalue weighted by Gasteiger charge is 2.34. The van der Waals surface area contributed by atoms with E-state index in [1.54, 1.807) is 36.4 Å². The fraction of sp³-hybridized carbons (Fsp3) is 0.167. The molecule has 164 valence electrons. The zero-order valence-corrected chi connectivity index (χ0v) is 17.6. The van der Waals surface area contributed by atoms with E-state index in [2.05, 4.69) is 10.3 Å². The van der Waals surface area contributed by atoms with Crippen molar-refractivity contribution in [2.24, 2.45) is 0 Å². The van der Waals surface area contributed by atoms with Crippen LogP contribution in [0.15, 0.2) is 66.7 Å². The molecule has 4 aromatic rings. The van der Waals surface area contributed by atoms with Gasteiger partial charge in [-0.15, -0.1) is 11.3 Å². The number of halogens is 3. The van der Waals surface area contributed by atoms with Gasteiger partial charge in [-0.3, -0.25) is 4.79 Å². The van der Waals surface area contributed by atoms with Crippen molar-refractivity contribution in [3.8, 4) is 21.6 Å². The molecule has 2 heterocycles. The van der Waals surface area contributed by atoms with Crippen LogP contribution in [0.5, 0.6) is 0 Å². The van der Waals surface area contributed by atoms with Crippen molar-refractivity contribution in [1.29, 1.82) is 0 Å². The number of nitrogens with zero attached hydrogens (tertiary/aromatic N) is 1. The zero-order valence-electron chi connectivity index (χ0n) is 16.8. The van der Waals surface area contributed by atoms with Crippen LogP contribution in [0, 0.1) is 0 Å². The first-order valence-corrected chi connectivity index (χ1v) is 10.7. The van der Waals surface area contributed by atoms with E-state index in [1.165, 1.54) is 23.5 Å². The standard InChI is InChI=1S/C24H19F3N2O2S/c25-24(26,27)20-12-16(7-9-19(20)15-4-2-1-3-5-15)21-13-17-6-8-18(29-23(17)32-21)14-28-11-10-22(30)31/h1-9,12-13,28H,10-11,14H2,(H,30,31). The van der Waals surface area contributed by atoms with Crippen molar-refractivity contribution in [2.75, 3.05) is 6.54 Å². The van der Waals surface area contributed by atoms with Crippen LogP contribution in [0.4, 0.5) is 13.2 Å². The summed E-state index contributed by atoms with van der Waals surface area (Å²) < 4.78 is 41.5. The van der Waals surface area contributed by atoms with Gasteiger partial charge in [0.1, 0.15) is 4.83 Å². The quantitative estimate of drug-likeness (QED) is 0.325. The van der Waals surface area contributed by atoms with Crippen molar-refractivity contribution in [3.05, 3.63) is 78.0 Å². The molecule has 0 unspecified atom stereocenters. The second-order valence-corrected chi connectivity index (χ2v) is 8.28. The summed E-state index contributed by atoms with van der Waals surface area (Å²) in [5, 5.41) is 12.6. The van der Waals surface area contributed by atoms with Crippen LogP contribution in [0.1, 0.15) is 17.7 Å². The van der Waals surface area contributed by atoms with Crippen molar-refractivity contribution in [3.63, 3.8) is 0 Å². The Morgan fingerprint density at radius 3 is 2.50 bits per heavy atom. The first-order chi connectivity index (χ1) is 15.3. The number of aromatic nitrogens is 1. The molecule has 8 heteroatoms. The number of rotatable bonds is 7. The van der Waals surface area contributed by atoms with E-state index in [0.29, 0.717) is 29.1 Å². The summed E-state index contributed by atoms with van der Waals surface area (Å²) in [5.41, 5.74) is 1.22. The molecule has 32 heavy (non-hydrogen) atoms. The highest BCUT2D eigenvalue weighted by molar-refractivity contribution is 7.21. The van der Waals surface area contributed by atoms with Gasteiger partial charge in [-0.05, 0) is 34.9 Å². The highest BCUT2D eigenvalue weighted by atomic mass is 32.1. The first kappa shape index (κ1) is 22.0. The molecule has 4 rings (SSSR count). The summed E-state index contributed by atoms with van der Waals surface area (Å²) in [6.45, 7) is 0.749. The summed E-state index contributed by atoms with van der Waals surface area (Å²) >= 11 is 1.33. The number of pyridine rings is 1. The average Bonchev–Trinajstić information content (AvgIpc) is 3.20. The molecule has 0 saturated carbocycles. The minimum absolute atomic E-state index is 0.0198. The Bertz CT molecular complexity index is 1250. The number of hydrogen-bond acceptors (Lipinski definition) is 4. The Morgan fingerprint density at radius 2 is 1.78 bits per heavy atom. The molecule has 0 spiro atoms. The smallest absolute Gasteiger partial charge is 0.417 e. The number of benzene rings is 2. The summed E-state index contributed by atoms with van der Waals surface area (Å²) in [6, 6.07) is 18.5. The molecule has 0 bridgehead atoms. The Balaban J connectivity index is 1.64. The summed E-state index contributed by atoms with van der Waals surface area (Å²) in [7, 11) is 0. The van der Waals surface area contributed by atoms with Crippen LogP contribution in [0.25, 0.3) is 31.8 Å². The SMILES string of the molecule is O=C(O)CCNCc1ccc2cc(-c3ccc(-c4ccccc4)c(C(F)(F)F)c3)sc2n1. The number of carboxylic acids is 1. The fourth-order valence-corrected chi connectivity index (χ4v) is 4.46. The van der Waals surface area contributed by atoms with E-state index in [-0.39, 0.29) is 12.0 Å². The fourth-order valence-electron chi connectivity index (χ4n) is 3.41. The van der Waals surface area contributed by atoms with Crippen LogP contribution in [0.2, 0.25) is 0 Å². The first-order valence-electron chi connectivity index (χ1n) is 9.90. The maximum absolute atomic E-state index is 13.8. The molecule has 0 aliphatic heterocycles. The Hall–Kier alpha value is -3.23. The molecule has 2 aromatic carbocycles. The molecule has 0 aliphatic rings. The number of carboxylic acid groups (broad SMARTS) is 1. The number of thiophene rings is 1. The van der Waals surface area contributed by atoms with E-state index < -0.39 is 17.7 Å². The van der Waals surface area contributed by atoms with Gasteiger partial charge >= 0.3 is 12.1 Å². The van der Waals surface area contributed by atoms with Crippen molar-refractivity contribution in [2.45, 2.75) is 19.1 Å². The molecule has 0 atom stereocenters. The Labute approximate surface area is 186 Å². The molecular weight excluding hydrogens is 437 g/mol. The normalized spacial score (nSPS) is 11.7. The second-order valence-electron chi connectivity index (χ2n) is 7.25. The van der Waals surface area contributed by atoms with Gasteiger partial charge in [0.05, 0.1) is 17.7 Å². The van der Waals surface area contributed by atoms with Gasteiger partial charge in [0.15, 0.2) is 0 Å². The van der Waals surface area contributed by atoms with Crippen LogP contribution in [-0.2, 0) is 17.5 Å². The Kier molecular flexibility index (Phi) is 6.25. The van der Waals surface area contributed by atoms with Crippen molar-refractivity contribution >= 4 is 27.5 Å². The molecule has 4 nitrogen and oxygen atoms in total. The summed E-state index contributed by atoms with van der Waals surface area (Å²) in [4.78, 5) is 16.6. The van der Waals surface area contributed by atoms with E-state index in [1.807, 2.05) is 18.2 Å². The lowest BCUT2D eigenvalue weighted by Gasteiger charge is -2.14. The van der Waals surface area contributed by atoms with E-state index in [9.17, 15) is 18.0 Å². The zero-order chi connectivity index (χ0) is 22.7. The minimum Gasteiger partial charge on any atom is -0.481 e. The number of alkyl halides is 3. The van der Waals surface area contributed by atoms with Gasteiger partial charge in [0.2, 0.25) is 0 Å². The number of nitrogens with one attached hydrogen (secondary N) is 1. The topological polar surface area (TPSA) is 62.2 Å². The van der Waals surface area contributed by atoms with E-state index >= 15 is 0 Å². The monoisotopic (exact) mass is 456 g/mol. The molecule has 0 aliphatic carbocycles. The lowest BCUT2D eigenvalue weighted by Crippen LogP contribution is -2.18. The molecule has 2 aromatic heterocycles. The largest absolute Gasteiger partial charge is 0.481 e. The molecular formula is C24H19F3N2O2S. The lowest BCUT2D eigenvalue weighted by atomic mass is 9.96. The summed E-state index contributed by atoms with van der Waals surface area (Å²) in [5.74, 6) is -0.875. The van der Waals surface area contributed by atoms with Gasteiger partial charge in [0.25, 0.3) is 0 Å². The van der Waals surface area contributed by atoms with Gasteiger partial charge < -0.3 is 10.4 Å². The number of aliphatic carboxylic acids is 1. The maximum atomic E-state index is 13.8. The molecule has 0 fully saturated rings.